The Kier molecular flexibility index (Phi) is 6.99. The maximum absolute atomic E-state index is 13.2. The van der Waals surface area contributed by atoms with Gasteiger partial charge in [-0.1, -0.05) is 30.3 Å². The molecule has 0 radical (unpaired) electrons. The quantitative estimate of drug-likeness (QED) is 0.565. The summed E-state index contributed by atoms with van der Waals surface area (Å²) in [5.74, 6) is -2.31. The number of carbonyl (C=O) groups excluding carboxylic acids is 3. The van der Waals surface area contributed by atoms with Crippen LogP contribution in [0.4, 0.5) is 0 Å². The van der Waals surface area contributed by atoms with E-state index in [0.717, 1.165) is 5.56 Å². The molecule has 1 aromatic carbocycles. The number of amides is 1. The van der Waals surface area contributed by atoms with Gasteiger partial charge in [0.05, 0.1) is 6.61 Å². The van der Waals surface area contributed by atoms with E-state index >= 15 is 0 Å². The van der Waals surface area contributed by atoms with Gasteiger partial charge in [-0.25, -0.2) is 4.79 Å². The molecule has 27 heavy (non-hydrogen) atoms. The van der Waals surface area contributed by atoms with Gasteiger partial charge in [0.1, 0.15) is 17.6 Å². The topological polar surface area (TPSA) is 72.9 Å². The third-order valence-electron chi connectivity index (χ3n) is 4.37. The Balaban J connectivity index is 2.19. The first-order valence-corrected chi connectivity index (χ1v) is 9.47. The third-order valence-corrected chi connectivity index (χ3v) is 4.37. The van der Waals surface area contributed by atoms with Gasteiger partial charge in [0.15, 0.2) is 0 Å². The lowest BCUT2D eigenvalue weighted by Gasteiger charge is -2.29. The Hall–Kier alpha value is -2.37. The second kappa shape index (κ2) is 9.02. The summed E-state index contributed by atoms with van der Waals surface area (Å²) >= 11 is 0. The molecule has 0 aromatic heterocycles. The summed E-state index contributed by atoms with van der Waals surface area (Å²) in [6.45, 7) is 7.73. The maximum atomic E-state index is 13.2. The van der Waals surface area contributed by atoms with Gasteiger partial charge in [-0.15, -0.1) is 0 Å². The number of benzene rings is 1. The lowest BCUT2D eigenvalue weighted by atomic mass is 9.97. The Morgan fingerprint density at radius 1 is 1.19 bits per heavy atom. The Bertz CT molecular complexity index is 665. The van der Waals surface area contributed by atoms with Gasteiger partial charge >= 0.3 is 11.9 Å². The van der Waals surface area contributed by atoms with Gasteiger partial charge in [0.2, 0.25) is 5.91 Å². The van der Waals surface area contributed by atoms with E-state index in [4.69, 9.17) is 9.47 Å². The summed E-state index contributed by atoms with van der Waals surface area (Å²) in [6.07, 6.45) is 1.49. The second-order valence-electron chi connectivity index (χ2n) is 7.72. The molecule has 1 saturated heterocycles. The molecule has 1 aliphatic rings. The van der Waals surface area contributed by atoms with E-state index in [9.17, 15) is 14.4 Å². The van der Waals surface area contributed by atoms with Gasteiger partial charge in [-0.3, -0.25) is 9.59 Å². The van der Waals surface area contributed by atoms with Crippen molar-refractivity contribution in [2.75, 3.05) is 13.2 Å². The third kappa shape index (κ3) is 5.81. The summed E-state index contributed by atoms with van der Waals surface area (Å²) in [7, 11) is 0. The smallest absolute Gasteiger partial charge is 0.329 e. The Morgan fingerprint density at radius 3 is 2.44 bits per heavy atom. The predicted octanol–water partition coefficient (Wildman–Crippen LogP) is 2.74. The van der Waals surface area contributed by atoms with Crippen LogP contribution in [0.3, 0.4) is 0 Å². The molecule has 1 fully saturated rings. The van der Waals surface area contributed by atoms with E-state index in [1.807, 2.05) is 30.3 Å². The van der Waals surface area contributed by atoms with E-state index in [-0.39, 0.29) is 18.9 Å². The fraction of sp³-hybridized carbons (Fsp3) is 0.571. The number of carbonyl (C=O) groups is 3. The first kappa shape index (κ1) is 20.9. The van der Waals surface area contributed by atoms with E-state index in [1.165, 1.54) is 4.90 Å². The van der Waals surface area contributed by atoms with Crippen molar-refractivity contribution in [1.82, 2.24) is 4.90 Å². The average molecular weight is 375 g/mol. The number of hydrogen-bond donors (Lipinski definition) is 0. The van der Waals surface area contributed by atoms with Gasteiger partial charge in [-0.05, 0) is 52.5 Å². The minimum Gasteiger partial charge on any atom is -0.465 e. The molecule has 0 N–H and O–H groups in total. The van der Waals surface area contributed by atoms with Crippen LogP contribution in [-0.4, -0.2) is 47.5 Å². The summed E-state index contributed by atoms with van der Waals surface area (Å²) in [6, 6.07) is 8.69. The van der Waals surface area contributed by atoms with Crippen LogP contribution in [0.15, 0.2) is 30.3 Å². The molecule has 6 nitrogen and oxygen atoms in total. The van der Waals surface area contributed by atoms with Crippen molar-refractivity contribution < 1.29 is 23.9 Å². The number of nitrogens with zero attached hydrogens (tertiary/aromatic N) is 1. The molecular formula is C21H29NO5. The highest BCUT2D eigenvalue weighted by atomic mass is 16.6. The monoisotopic (exact) mass is 375 g/mol. The van der Waals surface area contributed by atoms with Crippen LogP contribution in [0.2, 0.25) is 0 Å². The van der Waals surface area contributed by atoms with Crippen LogP contribution in [0.1, 0.15) is 46.1 Å². The van der Waals surface area contributed by atoms with E-state index in [0.29, 0.717) is 19.4 Å². The zero-order chi connectivity index (χ0) is 20.0. The first-order valence-electron chi connectivity index (χ1n) is 9.47. The van der Waals surface area contributed by atoms with Crippen LogP contribution in [0, 0.1) is 5.92 Å². The van der Waals surface area contributed by atoms with Crippen molar-refractivity contribution in [2.24, 2.45) is 5.92 Å². The van der Waals surface area contributed by atoms with Crippen LogP contribution < -0.4 is 0 Å². The predicted molar refractivity (Wildman–Crippen MR) is 101 cm³/mol. The lowest BCUT2D eigenvalue weighted by molar-refractivity contribution is -0.166. The van der Waals surface area contributed by atoms with Crippen molar-refractivity contribution >= 4 is 17.8 Å². The second-order valence-corrected chi connectivity index (χ2v) is 7.72. The van der Waals surface area contributed by atoms with Crippen molar-refractivity contribution in [3.8, 4) is 0 Å². The molecule has 0 aliphatic carbocycles. The molecule has 2 rings (SSSR count). The lowest BCUT2D eigenvalue weighted by Crippen LogP contribution is -2.48. The molecule has 1 aliphatic heterocycles. The highest BCUT2D eigenvalue weighted by Crippen LogP contribution is 2.25. The standard InChI is InChI=1S/C21H29NO5/c1-5-26-19(24)16(14-15-10-7-6-8-11-15)18(23)22-13-9-12-17(22)20(25)27-21(2,3)4/h6-8,10-11,16-17H,5,9,12-14H2,1-4H3/t16?,17-/m0/s1. The van der Waals surface area contributed by atoms with Crippen molar-refractivity contribution in [1.29, 1.82) is 0 Å². The number of esters is 2. The van der Waals surface area contributed by atoms with Crippen LogP contribution in [0.25, 0.3) is 0 Å². The fourth-order valence-electron chi connectivity index (χ4n) is 3.21. The maximum Gasteiger partial charge on any atom is 0.329 e. The van der Waals surface area contributed by atoms with Gasteiger partial charge < -0.3 is 14.4 Å². The number of hydrogen-bond acceptors (Lipinski definition) is 5. The van der Waals surface area contributed by atoms with Crippen molar-refractivity contribution in [2.45, 2.75) is 58.6 Å². The molecule has 148 valence electrons. The average Bonchev–Trinajstić information content (AvgIpc) is 3.08. The minimum atomic E-state index is -0.963. The van der Waals surface area contributed by atoms with Crippen LogP contribution >= 0.6 is 0 Å². The van der Waals surface area contributed by atoms with Crippen molar-refractivity contribution in [3.63, 3.8) is 0 Å². The van der Waals surface area contributed by atoms with Crippen molar-refractivity contribution in [3.05, 3.63) is 35.9 Å². The molecule has 0 saturated carbocycles. The molecule has 1 heterocycles. The van der Waals surface area contributed by atoms with Gasteiger partial charge in [0, 0.05) is 6.54 Å². The summed E-state index contributed by atoms with van der Waals surface area (Å²) in [5.41, 5.74) is 0.246. The van der Waals surface area contributed by atoms with E-state index in [2.05, 4.69) is 0 Å². The molecule has 6 heteroatoms. The highest BCUT2D eigenvalue weighted by molar-refractivity contribution is 5.99. The Morgan fingerprint density at radius 2 is 1.85 bits per heavy atom. The van der Waals surface area contributed by atoms with Crippen LogP contribution in [-0.2, 0) is 30.3 Å². The zero-order valence-electron chi connectivity index (χ0n) is 16.6. The molecule has 0 spiro atoms. The highest BCUT2D eigenvalue weighted by Gasteiger charge is 2.41. The van der Waals surface area contributed by atoms with Gasteiger partial charge in [-0.2, -0.15) is 0 Å². The molecule has 2 atom stereocenters. The molecule has 1 aromatic rings. The van der Waals surface area contributed by atoms with Gasteiger partial charge in [0.25, 0.3) is 0 Å². The SMILES string of the molecule is CCOC(=O)C(Cc1ccccc1)C(=O)N1CCC[C@H]1C(=O)OC(C)(C)C. The fourth-order valence-corrected chi connectivity index (χ4v) is 3.21. The van der Waals surface area contributed by atoms with E-state index in [1.54, 1.807) is 27.7 Å². The molecular weight excluding hydrogens is 346 g/mol. The zero-order valence-corrected chi connectivity index (χ0v) is 16.6. The molecule has 0 bridgehead atoms. The molecule has 1 amide bonds. The minimum absolute atomic E-state index is 0.201. The summed E-state index contributed by atoms with van der Waals surface area (Å²) < 4.78 is 10.6. The summed E-state index contributed by atoms with van der Waals surface area (Å²) in [4.78, 5) is 39.6. The summed E-state index contributed by atoms with van der Waals surface area (Å²) in [5, 5.41) is 0. The van der Waals surface area contributed by atoms with E-state index < -0.39 is 29.5 Å². The number of ether oxygens (including phenoxy) is 2. The normalized spacial score (nSPS) is 18.1. The molecule has 1 unspecified atom stereocenters. The largest absolute Gasteiger partial charge is 0.465 e. The Labute approximate surface area is 160 Å². The first-order chi connectivity index (χ1) is 12.7. The number of likely N-dealkylation sites (tertiary alicyclic amines) is 1. The van der Waals surface area contributed by atoms with Crippen LogP contribution in [0.5, 0.6) is 0 Å². The number of rotatable bonds is 6.